The number of hydrogen-bond acceptors (Lipinski definition) is 0. The summed E-state index contributed by atoms with van der Waals surface area (Å²) >= 11 is 0. The van der Waals surface area contributed by atoms with Gasteiger partial charge in [-0.2, -0.15) is 13.8 Å². The summed E-state index contributed by atoms with van der Waals surface area (Å²) in [6.45, 7) is 7.94. The molecule has 0 spiro atoms. The Kier molecular flexibility index (Phi) is 6.45. The van der Waals surface area contributed by atoms with Crippen molar-refractivity contribution in [3.63, 3.8) is 0 Å². The van der Waals surface area contributed by atoms with Gasteiger partial charge in [0.25, 0.3) is 0 Å². The first kappa shape index (κ1) is 12.1. The molecule has 0 aliphatic heterocycles. The van der Waals surface area contributed by atoms with E-state index >= 15 is 0 Å². The smallest absolute Gasteiger partial charge is 0 e. The molecule has 0 saturated heterocycles. The Labute approximate surface area is 78.3 Å². The third-order valence-electron chi connectivity index (χ3n) is 1.21. The molecule has 0 aromatic carbocycles. The Morgan fingerprint density at radius 2 is 1.38 bits per heavy atom. The molecule has 0 saturated carbocycles. The van der Waals surface area contributed by atoms with Crippen LogP contribution < -0.4 is 0 Å². The van der Waals surface area contributed by atoms with Gasteiger partial charge in [0.15, 0.2) is 0 Å². The standard InChI is InChI=1S/C6H14P.Y/c1-6(2)7(3,4)5;/h3H2,1-2,4-5H3;/q-1;. The molecule has 2 heteroatoms. The second kappa shape index (κ2) is 4.26. The Bertz CT molecular complexity index is 90.7. The van der Waals surface area contributed by atoms with Crippen molar-refractivity contribution >= 4 is 13.2 Å². The molecule has 0 rings (SSSR count). The zero-order valence-electron chi connectivity index (χ0n) is 6.23. The van der Waals surface area contributed by atoms with Crippen LogP contribution in [-0.4, -0.2) is 19.6 Å². The van der Waals surface area contributed by atoms with Gasteiger partial charge in [-0.25, -0.2) is 6.89 Å². The number of rotatable bonds is 1. The van der Waals surface area contributed by atoms with E-state index < -0.39 is 6.89 Å². The summed E-state index contributed by atoms with van der Waals surface area (Å²) in [5, 5.41) is 0. The summed E-state index contributed by atoms with van der Waals surface area (Å²) in [5.41, 5.74) is 1.49. The Morgan fingerprint density at radius 3 is 1.38 bits per heavy atom. The first-order chi connectivity index (χ1) is 2.94. The van der Waals surface area contributed by atoms with Crippen LogP contribution in [0.5, 0.6) is 0 Å². The zero-order chi connectivity index (χ0) is 6.08. The molecule has 0 amide bonds. The summed E-state index contributed by atoms with van der Waals surface area (Å²) in [7, 11) is 0. The van der Waals surface area contributed by atoms with Crippen LogP contribution in [0.4, 0.5) is 0 Å². The topological polar surface area (TPSA) is 0 Å². The van der Waals surface area contributed by atoms with Crippen molar-refractivity contribution in [2.45, 2.75) is 13.8 Å². The van der Waals surface area contributed by atoms with Gasteiger partial charge < -0.3 is 0 Å². The van der Waals surface area contributed by atoms with Crippen molar-refractivity contribution < 1.29 is 32.7 Å². The van der Waals surface area contributed by atoms with E-state index in [4.69, 9.17) is 0 Å². The van der Waals surface area contributed by atoms with Crippen molar-refractivity contribution in [2.24, 2.45) is 0 Å². The quantitative estimate of drug-likeness (QED) is 0.456. The van der Waals surface area contributed by atoms with Gasteiger partial charge in [0.2, 0.25) is 0 Å². The predicted molar refractivity (Wildman–Crippen MR) is 40.5 cm³/mol. The van der Waals surface area contributed by atoms with Crippen molar-refractivity contribution in [3.8, 4) is 0 Å². The third kappa shape index (κ3) is 5.54. The molecular weight excluding hydrogens is 192 g/mol. The normalized spacial score (nSPS) is 11.1. The summed E-state index contributed by atoms with van der Waals surface area (Å²) in [6, 6.07) is 0. The zero-order valence-corrected chi connectivity index (χ0v) is 9.96. The fraction of sp³-hybridized carbons (Fsp3) is 0.667. The molecule has 0 fully saturated rings. The maximum absolute atomic E-state index is 4.04. The van der Waals surface area contributed by atoms with Crippen LogP contribution in [0.3, 0.4) is 0 Å². The Hall–Kier alpha value is 1.40. The van der Waals surface area contributed by atoms with Gasteiger partial charge in [-0.1, -0.05) is 13.3 Å². The minimum Gasteiger partial charge on any atom is -0.293 e. The van der Waals surface area contributed by atoms with Crippen molar-refractivity contribution in [3.05, 3.63) is 5.66 Å². The maximum Gasteiger partial charge on any atom is 0 e. The van der Waals surface area contributed by atoms with E-state index in [0.29, 0.717) is 0 Å². The van der Waals surface area contributed by atoms with Gasteiger partial charge in [-0.15, -0.1) is 6.30 Å². The summed E-state index contributed by atoms with van der Waals surface area (Å²) in [6.07, 6.45) is 4.04. The summed E-state index contributed by atoms with van der Waals surface area (Å²) in [5.74, 6) is 0. The molecule has 0 unspecified atom stereocenters. The molecule has 0 nitrogen and oxygen atoms in total. The Balaban J connectivity index is 0. The Morgan fingerprint density at radius 1 is 1.25 bits per heavy atom. The monoisotopic (exact) mass is 206 g/mol. The van der Waals surface area contributed by atoms with E-state index in [1.54, 1.807) is 0 Å². The largest absolute Gasteiger partial charge is 0.293 e. The van der Waals surface area contributed by atoms with Gasteiger partial charge in [-0.05, 0) is 0 Å². The molecule has 1 radical (unpaired) electrons. The SMILES string of the molecule is C=P(C)(C)[C-](C)C.[Y]. The summed E-state index contributed by atoms with van der Waals surface area (Å²) < 4.78 is 0. The molecular formula is C6H14PY-. The maximum atomic E-state index is 4.04. The fourth-order valence-electron chi connectivity index (χ4n) is 0. The average molecular weight is 206 g/mol. The van der Waals surface area contributed by atoms with Crippen molar-refractivity contribution in [1.82, 2.24) is 0 Å². The second-order valence-electron chi connectivity index (χ2n) is 2.63. The third-order valence-corrected chi connectivity index (χ3v) is 3.63. The van der Waals surface area contributed by atoms with Crippen LogP contribution >= 0.6 is 6.89 Å². The van der Waals surface area contributed by atoms with E-state index in [2.05, 4.69) is 33.5 Å². The molecule has 0 atom stereocenters. The van der Waals surface area contributed by atoms with Crippen molar-refractivity contribution in [2.75, 3.05) is 13.3 Å². The summed E-state index contributed by atoms with van der Waals surface area (Å²) in [4.78, 5) is 0. The van der Waals surface area contributed by atoms with Gasteiger partial charge >= 0.3 is 0 Å². The minimum atomic E-state index is -0.821. The first-order valence-corrected chi connectivity index (χ1v) is 5.30. The minimum absolute atomic E-state index is 0. The molecule has 0 aromatic heterocycles. The molecule has 47 valence electrons. The van der Waals surface area contributed by atoms with Crippen LogP contribution in [0.15, 0.2) is 0 Å². The molecule has 0 N–H and O–H groups in total. The predicted octanol–water partition coefficient (Wildman–Crippen LogP) is 2.26. The van der Waals surface area contributed by atoms with Gasteiger partial charge in [0.05, 0.1) is 0 Å². The van der Waals surface area contributed by atoms with E-state index in [9.17, 15) is 0 Å². The first-order valence-electron chi connectivity index (χ1n) is 2.43. The van der Waals surface area contributed by atoms with E-state index in [1.807, 2.05) is 0 Å². The average Bonchev–Trinajstić information content (AvgIpc) is 1.31. The molecule has 0 aromatic rings. The molecule has 0 bridgehead atoms. The molecule has 0 heterocycles. The van der Waals surface area contributed by atoms with Gasteiger partial charge in [0, 0.05) is 32.7 Å². The van der Waals surface area contributed by atoms with Crippen LogP contribution in [0, 0.1) is 5.66 Å². The van der Waals surface area contributed by atoms with Gasteiger partial charge in [-0.3, -0.25) is 5.66 Å². The van der Waals surface area contributed by atoms with Crippen LogP contribution in [0.25, 0.3) is 0 Å². The molecule has 8 heavy (non-hydrogen) atoms. The molecule has 0 aliphatic rings. The van der Waals surface area contributed by atoms with E-state index in [1.165, 1.54) is 5.66 Å². The van der Waals surface area contributed by atoms with E-state index in [0.717, 1.165) is 0 Å². The second-order valence-corrected chi connectivity index (χ2v) is 6.90. The fourth-order valence-corrected chi connectivity index (χ4v) is 0. The van der Waals surface area contributed by atoms with Crippen LogP contribution in [-0.2, 0) is 32.7 Å². The van der Waals surface area contributed by atoms with Crippen molar-refractivity contribution in [1.29, 1.82) is 0 Å². The number of hydrogen-bond donors (Lipinski definition) is 0. The van der Waals surface area contributed by atoms with Gasteiger partial charge in [0.1, 0.15) is 0 Å². The molecule has 0 aliphatic carbocycles. The van der Waals surface area contributed by atoms with E-state index in [-0.39, 0.29) is 32.7 Å². The van der Waals surface area contributed by atoms with Crippen LogP contribution in [0.2, 0.25) is 0 Å². The van der Waals surface area contributed by atoms with Crippen LogP contribution in [0.1, 0.15) is 13.8 Å².